The molecule has 6 nitrogen and oxygen atoms in total. The fourth-order valence-corrected chi connectivity index (χ4v) is 2.53. The summed E-state index contributed by atoms with van der Waals surface area (Å²) in [6.45, 7) is 7.50. The number of hydrogen-bond donors (Lipinski definition) is 2. The van der Waals surface area contributed by atoms with Gasteiger partial charge < -0.3 is 15.4 Å². The van der Waals surface area contributed by atoms with Crippen molar-refractivity contribution in [2.24, 2.45) is 0 Å². The summed E-state index contributed by atoms with van der Waals surface area (Å²) in [6, 6.07) is 0.536. The van der Waals surface area contributed by atoms with E-state index in [-0.39, 0.29) is 12.1 Å². The number of aromatic nitrogens is 2. The first-order chi connectivity index (χ1) is 8.82. The summed E-state index contributed by atoms with van der Waals surface area (Å²) in [7, 11) is 0. The van der Waals surface area contributed by atoms with Crippen molar-refractivity contribution in [3.8, 4) is 0 Å². The first-order valence-electron chi connectivity index (χ1n) is 6.38. The number of carbonyl (C=O) groups excluding carboxylic acids is 1. The van der Waals surface area contributed by atoms with Gasteiger partial charge in [-0.2, -0.15) is 0 Å². The lowest BCUT2D eigenvalue weighted by Gasteiger charge is -2.36. The van der Waals surface area contributed by atoms with Crippen LogP contribution >= 0.6 is 11.3 Å². The van der Waals surface area contributed by atoms with Gasteiger partial charge in [0, 0.05) is 12.1 Å². The number of ether oxygens (including phenoxy) is 1. The van der Waals surface area contributed by atoms with Crippen LogP contribution in [0, 0.1) is 6.92 Å². The fourth-order valence-electron chi connectivity index (χ4n) is 1.86. The molecule has 0 unspecified atom stereocenters. The molecule has 19 heavy (non-hydrogen) atoms. The SMILES string of the molecule is Cc1nnc(NC2CC(NC(=O)OC(C)(C)C)C2)s1. The summed E-state index contributed by atoms with van der Waals surface area (Å²) in [5.74, 6) is 0. The van der Waals surface area contributed by atoms with Crippen molar-refractivity contribution in [1.82, 2.24) is 15.5 Å². The Morgan fingerprint density at radius 3 is 2.53 bits per heavy atom. The number of anilines is 1. The topological polar surface area (TPSA) is 76.1 Å². The van der Waals surface area contributed by atoms with E-state index >= 15 is 0 Å². The predicted octanol–water partition coefficient (Wildman–Crippen LogP) is 2.31. The third-order valence-electron chi connectivity index (χ3n) is 2.71. The van der Waals surface area contributed by atoms with Crippen molar-refractivity contribution >= 4 is 22.6 Å². The monoisotopic (exact) mass is 284 g/mol. The maximum Gasteiger partial charge on any atom is 0.407 e. The number of amides is 1. The summed E-state index contributed by atoms with van der Waals surface area (Å²) in [5.41, 5.74) is -0.449. The largest absolute Gasteiger partial charge is 0.444 e. The van der Waals surface area contributed by atoms with E-state index < -0.39 is 5.60 Å². The first-order valence-corrected chi connectivity index (χ1v) is 7.19. The van der Waals surface area contributed by atoms with E-state index in [9.17, 15) is 4.79 Å². The van der Waals surface area contributed by atoms with Crippen molar-refractivity contribution in [3.63, 3.8) is 0 Å². The molecule has 1 aliphatic rings. The van der Waals surface area contributed by atoms with Gasteiger partial charge in [0.1, 0.15) is 10.6 Å². The van der Waals surface area contributed by atoms with Crippen LogP contribution in [0.3, 0.4) is 0 Å². The molecule has 1 aromatic rings. The number of rotatable bonds is 3. The lowest BCUT2D eigenvalue weighted by molar-refractivity contribution is 0.0475. The molecule has 0 saturated heterocycles. The standard InChI is InChI=1S/C12H20N4O2S/c1-7-15-16-10(19-7)13-8-5-9(6-8)14-11(17)18-12(2,3)4/h8-9H,5-6H2,1-4H3,(H,13,16)(H,14,17). The molecular formula is C12H20N4O2S. The molecule has 1 saturated carbocycles. The second-order valence-corrected chi connectivity index (χ2v) is 6.96. The van der Waals surface area contributed by atoms with Gasteiger partial charge in [-0.1, -0.05) is 11.3 Å². The highest BCUT2D eigenvalue weighted by Crippen LogP contribution is 2.26. The molecule has 7 heteroatoms. The Balaban J connectivity index is 1.67. The Morgan fingerprint density at radius 2 is 2.00 bits per heavy atom. The van der Waals surface area contributed by atoms with Crippen LogP contribution < -0.4 is 10.6 Å². The van der Waals surface area contributed by atoms with Crippen LogP contribution in [0.5, 0.6) is 0 Å². The van der Waals surface area contributed by atoms with Crippen molar-refractivity contribution in [3.05, 3.63) is 5.01 Å². The second kappa shape index (κ2) is 5.32. The molecule has 1 fully saturated rings. The molecule has 0 aromatic carbocycles. The van der Waals surface area contributed by atoms with E-state index in [2.05, 4.69) is 20.8 Å². The number of nitrogens with one attached hydrogen (secondary N) is 2. The Labute approximate surface area is 116 Å². The molecule has 0 radical (unpaired) electrons. The lowest BCUT2D eigenvalue weighted by atomic mass is 9.87. The van der Waals surface area contributed by atoms with Crippen molar-refractivity contribution in [1.29, 1.82) is 0 Å². The van der Waals surface area contributed by atoms with Crippen LogP contribution in [0.25, 0.3) is 0 Å². The first kappa shape index (κ1) is 14.0. The van der Waals surface area contributed by atoms with Gasteiger partial charge in [0.2, 0.25) is 5.13 Å². The molecule has 2 rings (SSSR count). The number of carbonyl (C=O) groups is 1. The number of alkyl carbamates (subject to hydrolysis) is 1. The van der Waals surface area contributed by atoms with Gasteiger partial charge in [-0.25, -0.2) is 4.79 Å². The second-order valence-electron chi connectivity index (χ2n) is 5.78. The molecule has 1 aromatic heterocycles. The highest BCUT2D eigenvalue weighted by atomic mass is 32.1. The van der Waals surface area contributed by atoms with Crippen LogP contribution in [0.4, 0.5) is 9.93 Å². The summed E-state index contributed by atoms with van der Waals surface area (Å²) >= 11 is 1.54. The van der Waals surface area contributed by atoms with Gasteiger partial charge in [0.05, 0.1) is 0 Å². The van der Waals surface area contributed by atoms with Crippen molar-refractivity contribution in [2.75, 3.05) is 5.32 Å². The molecule has 0 atom stereocenters. The fraction of sp³-hybridized carbons (Fsp3) is 0.750. The van der Waals surface area contributed by atoms with Crippen LogP contribution in [-0.4, -0.2) is 34.0 Å². The molecule has 106 valence electrons. The van der Waals surface area contributed by atoms with E-state index in [0.29, 0.717) is 6.04 Å². The van der Waals surface area contributed by atoms with Crippen LogP contribution in [0.15, 0.2) is 0 Å². The zero-order valence-corrected chi connectivity index (χ0v) is 12.5. The minimum Gasteiger partial charge on any atom is -0.444 e. The average molecular weight is 284 g/mol. The minimum atomic E-state index is -0.449. The Morgan fingerprint density at radius 1 is 1.32 bits per heavy atom. The van der Waals surface area contributed by atoms with E-state index in [1.807, 2.05) is 27.7 Å². The van der Waals surface area contributed by atoms with Crippen LogP contribution in [0.1, 0.15) is 38.6 Å². The Kier molecular flexibility index (Phi) is 3.93. The smallest absolute Gasteiger partial charge is 0.407 e. The number of aryl methyl sites for hydroxylation is 1. The van der Waals surface area contributed by atoms with Gasteiger partial charge in [0.25, 0.3) is 0 Å². The highest BCUT2D eigenvalue weighted by Gasteiger charge is 2.32. The molecule has 1 heterocycles. The number of hydrogen-bond acceptors (Lipinski definition) is 6. The molecule has 1 aliphatic carbocycles. The average Bonchev–Trinajstić information content (AvgIpc) is 2.58. The van der Waals surface area contributed by atoms with Gasteiger partial charge in [0.15, 0.2) is 0 Å². The molecule has 0 aliphatic heterocycles. The van der Waals surface area contributed by atoms with Gasteiger partial charge in [-0.3, -0.25) is 0 Å². The van der Waals surface area contributed by atoms with Gasteiger partial charge in [-0.15, -0.1) is 10.2 Å². The lowest BCUT2D eigenvalue weighted by Crippen LogP contribution is -2.50. The summed E-state index contributed by atoms with van der Waals surface area (Å²) in [5, 5.41) is 15.9. The molecule has 2 N–H and O–H groups in total. The highest BCUT2D eigenvalue weighted by molar-refractivity contribution is 7.15. The third kappa shape index (κ3) is 4.34. The molecular weight excluding hydrogens is 264 g/mol. The Bertz CT molecular complexity index is 449. The predicted molar refractivity (Wildman–Crippen MR) is 74.4 cm³/mol. The quantitative estimate of drug-likeness (QED) is 0.890. The van der Waals surface area contributed by atoms with Crippen molar-refractivity contribution in [2.45, 2.75) is 58.2 Å². The normalized spacial score (nSPS) is 22.5. The van der Waals surface area contributed by atoms with E-state index in [4.69, 9.17) is 4.74 Å². The van der Waals surface area contributed by atoms with Gasteiger partial charge >= 0.3 is 6.09 Å². The van der Waals surface area contributed by atoms with Crippen LogP contribution in [-0.2, 0) is 4.74 Å². The van der Waals surface area contributed by atoms with Crippen LogP contribution in [0.2, 0.25) is 0 Å². The van der Waals surface area contributed by atoms with E-state index in [1.165, 1.54) is 0 Å². The minimum absolute atomic E-state index is 0.182. The summed E-state index contributed by atoms with van der Waals surface area (Å²) in [4.78, 5) is 11.6. The number of nitrogens with zero attached hydrogens (tertiary/aromatic N) is 2. The summed E-state index contributed by atoms with van der Waals surface area (Å²) < 4.78 is 5.21. The summed E-state index contributed by atoms with van der Waals surface area (Å²) in [6.07, 6.45) is 1.43. The Hall–Kier alpha value is -1.37. The zero-order chi connectivity index (χ0) is 14.0. The van der Waals surface area contributed by atoms with E-state index in [1.54, 1.807) is 11.3 Å². The third-order valence-corrected chi connectivity index (χ3v) is 3.48. The van der Waals surface area contributed by atoms with Gasteiger partial charge in [-0.05, 0) is 40.5 Å². The van der Waals surface area contributed by atoms with Crippen molar-refractivity contribution < 1.29 is 9.53 Å². The molecule has 1 amide bonds. The zero-order valence-electron chi connectivity index (χ0n) is 11.7. The molecule has 0 spiro atoms. The van der Waals surface area contributed by atoms with E-state index in [0.717, 1.165) is 23.0 Å². The maximum absolute atomic E-state index is 11.6. The maximum atomic E-state index is 11.6. The molecule has 0 bridgehead atoms.